The third-order valence-corrected chi connectivity index (χ3v) is 6.39. The molecular formula is C22H21N5O4S. The number of hydrogen-bond acceptors (Lipinski definition) is 7. The number of fused-ring (bicyclic) bond motifs is 1. The molecule has 0 spiro atoms. The number of nitrogens with one attached hydrogen (secondary N) is 2. The van der Waals surface area contributed by atoms with Gasteiger partial charge in [-0.2, -0.15) is 0 Å². The molecule has 2 aromatic carbocycles. The number of urea groups is 1. The van der Waals surface area contributed by atoms with Gasteiger partial charge in [-0.15, -0.1) is 10.2 Å². The van der Waals surface area contributed by atoms with Crippen molar-refractivity contribution in [3.05, 3.63) is 58.0 Å². The number of likely N-dealkylation sites (tertiary alicyclic amines) is 1. The molecule has 10 heteroatoms. The highest BCUT2D eigenvalue weighted by molar-refractivity contribution is 7.13. The van der Waals surface area contributed by atoms with E-state index in [0.717, 1.165) is 24.1 Å². The summed E-state index contributed by atoms with van der Waals surface area (Å²) in [6, 6.07) is 12.5. The van der Waals surface area contributed by atoms with Crippen molar-refractivity contribution >= 4 is 34.6 Å². The second-order valence-corrected chi connectivity index (χ2v) is 8.62. The Morgan fingerprint density at radius 2 is 1.81 bits per heavy atom. The average Bonchev–Trinajstić information content (AvgIpc) is 3.54. The van der Waals surface area contributed by atoms with Crippen LogP contribution in [0.2, 0.25) is 0 Å². The first-order valence-corrected chi connectivity index (χ1v) is 11.1. The van der Waals surface area contributed by atoms with Crippen LogP contribution < -0.4 is 20.1 Å². The number of carbonyl (C=O) groups excluding carboxylic acids is 2. The van der Waals surface area contributed by atoms with Gasteiger partial charge in [0.2, 0.25) is 11.8 Å². The Labute approximate surface area is 188 Å². The zero-order chi connectivity index (χ0) is 22.1. The molecule has 3 heterocycles. The summed E-state index contributed by atoms with van der Waals surface area (Å²) in [5.74, 6) is 0.870. The molecule has 9 nitrogen and oxygen atoms in total. The number of nitrogens with zero attached hydrogens (tertiary/aromatic N) is 3. The molecule has 1 aromatic heterocycles. The maximum Gasteiger partial charge on any atom is 0.322 e. The Balaban J connectivity index is 1.26. The molecule has 2 aliphatic rings. The van der Waals surface area contributed by atoms with Crippen molar-refractivity contribution in [3.63, 3.8) is 0 Å². The lowest BCUT2D eigenvalue weighted by Crippen LogP contribution is -2.34. The van der Waals surface area contributed by atoms with Crippen LogP contribution in [0.4, 0.5) is 16.2 Å². The van der Waals surface area contributed by atoms with Gasteiger partial charge in [-0.1, -0.05) is 29.0 Å². The van der Waals surface area contributed by atoms with E-state index in [1.165, 1.54) is 11.3 Å². The highest BCUT2D eigenvalue weighted by Crippen LogP contribution is 2.36. The first-order chi connectivity index (χ1) is 15.6. The lowest BCUT2D eigenvalue weighted by molar-refractivity contribution is 0.102. The fourth-order valence-corrected chi connectivity index (χ4v) is 4.60. The molecule has 0 unspecified atom stereocenters. The van der Waals surface area contributed by atoms with Crippen molar-refractivity contribution in [2.24, 2.45) is 0 Å². The van der Waals surface area contributed by atoms with E-state index >= 15 is 0 Å². The standard InChI is InChI=1S/C22H21N5O4S/c1-13-4-6-14(7-5-13)24-22(29)27-10-2-3-16(27)20-25-26-21(32-20)19(28)23-15-8-9-17-18(11-15)31-12-30-17/h4-9,11,16H,2-3,10,12H2,1H3,(H,23,28)(H,24,29)/t16-/m0/s1. The van der Waals surface area contributed by atoms with Gasteiger partial charge in [0, 0.05) is 24.0 Å². The van der Waals surface area contributed by atoms with Crippen LogP contribution in [0, 0.1) is 6.92 Å². The van der Waals surface area contributed by atoms with E-state index in [1.54, 1.807) is 23.1 Å². The summed E-state index contributed by atoms with van der Waals surface area (Å²) in [6.07, 6.45) is 1.64. The zero-order valence-corrected chi connectivity index (χ0v) is 18.1. The minimum absolute atomic E-state index is 0.169. The van der Waals surface area contributed by atoms with Gasteiger partial charge in [-0.25, -0.2) is 4.79 Å². The summed E-state index contributed by atoms with van der Waals surface area (Å²) in [5, 5.41) is 14.9. The Bertz CT molecular complexity index is 1160. The van der Waals surface area contributed by atoms with Crippen LogP contribution in [0.15, 0.2) is 42.5 Å². The molecule has 0 aliphatic carbocycles. The van der Waals surface area contributed by atoms with Crippen molar-refractivity contribution in [1.29, 1.82) is 0 Å². The summed E-state index contributed by atoms with van der Waals surface area (Å²) in [5.41, 5.74) is 2.45. The van der Waals surface area contributed by atoms with Crippen molar-refractivity contribution in [2.45, 2.75) is 25.8 Å². The Morgan fingerprint density at radius 1 is 1.03 bits per heavy atom. The maximum absolute atomic E-state index is 12.8. The van der Waals surface area contributed by atoms with Gasteiger partial charge in [-0.05, 0) is 44.0 Å². The van der Waals surface area contributed by atoms with E-state index < -0.39 is 0 Å². The third-order valence-electron chi connectivity index (χ3n) is 5.37. The third kappa shape index (κ3) is 4.09. The number of carbonyl (C=O) groups is 2. The first kappa shape index (κ1) is 20.3. The van der Waals surface area contributed by atoms with Crippen molar-refractivity contribution in [2.75, 3.05) is 24.0 Å². The number of hydrogen-bond donors (Lipinski definition) is 2. The summed E-state index contributed by atoms with van der Waals surface area (Å²) in [7, 11) is 0. The number of aromatic nitrogens is 2. The minimum atomic E-state index is -0.360. The zero-order valence-electron chi connectivity index (χ0n) is 17.3. The maximum atomic E-state index is 12.8. The smallest absolute Gasteiger partial charge is 0.322 e. The number of benzene rings is 2. The van der Waals surface area contributed by atoms with Crippen LogP contribution in [-0.2, 0) is 0 Å². The normalized spacial score (nSPS) is 16.8. The van der Waals surface area contributed by atoms with E-state index in [1.807, 2.05) is 31.2 Å². The molecular weight excluding hydrogens is 430 g/mol. The molecule has 1 atom stereocenters. The van der Waals surface area contributed by atoms with Crippen molar-refractivity contribution in [3.8, 4) is 11.5 Å². The Kier molecular flexibility index (Phi) is 5.36. The first-order valence-electron chi connectivity index (χ1n) is 10.3. The number of ether oxygens (including phenoxy) is 2. The van der Waals surface area contributed by atoms with Gasteiger partial charge in [0.15, 0.2) is 11.5 Å². The summed E-state index contributed by atoms with van der Waals surface area (Å²) >= 11 is 1.20. The van der Waals surface area contributed by atoms with Crippen molar-refractivity contribution < 1.29 is 19.1 Å². The molecule has 1 saturated heterocycles. The largest absolute Gasteiger partial charge is 0.454 e. The fraction of sp³-hybridized carbons (Fsp3) is 0.273. The minimum Gasteiger partial charge on any atom is -0.454 e. The SMILES string of the molecule is Cc1ccc(NC(=O)N2CCC[C@H]2c2nnc(C(=O)Nc3ccc4c(c3)OCO4)s2)cc1. The Morgan fingerprint density at radius 3 is 2.66 bits per heavy atom. The fourth-order valence-electron chi connectivity index (χ4n) is 3.72. The summed E-state index contributed by atoms with van der Waals surface area (Å²) in [6.45, 7) is 2.79. The number of anilines is 2. The lowest BCUT2D eigenvalue weighted by Gasteiger charge is -2.23. The van der Waals surface area contributed by atoms with Crippen LogP contribution >= 0.6 is 11.3 Å². The van der Waals surface area contributed by atoms with Gasteiger partial charge >= 0.3 is 6.03 Å². The van der Waals surface area contributed by atoms with Crippen LogP contribution in [0.1, 0.15) is 39.3 Å². The van der Waals surface area contributed by atoms with E-state index in [2.05, 4.69) is 20.8 Å². The molecule has 32 heavy (non-hydrogen) atoms. The van der Waals surface area contributed by atoms with Gasteiger partial charge < -0.3 is 25.0 Å². The molecule has 1 fully saturated rings. The Hall–Kier alpha value is -3.66. The quantitative estimate of drug-likeness (QED) is 0.616. The molecule has 2 N–H and O–H groups in total. The molecule has 5 rings (SSSR count). The number of aryl methyl sites for hydroxylation is 1. The molecule has 0 radical (unpaired) electrons. The summed E-state index contributed by atoms with van der Waals surface area (Å²) in [4.78, 5) is 27.2. The van der Waals surface area contributed by atoms with E-state index in [-0.39, 0.29) is 29.8 Å². The molecule has 3 aromatic rings. The van der Waals surface area contributed by atoms with E-state index in [9.17, 15) is 9.59 Å². The summed E-state index contributed by atoms with van der Waals surface area (Å²) < 4.78 is 10.6. The predicted octanol–water partition coefficient (Wildman–Crippen LogP) is 4.20. The van der Waals surface area contributed by atoms with Gasteiger partial charge in [0.05, 0.1) is 6.04 Å². The van der Waals surface area contributed by atoms with Crippen LogP contribution in [0.5, 0.6) is 11.5 Å². The highest BCUT2D eigenvalue weighted by atomic mass is 32.1. The predicted molar refractivity (Wildman–Crippen MR) is 119 cm³/mol. The topological polar surface area (TPSA) is 106 Å². The average molecular weight is 452 g/mol. The lowest BCUT2D eigenvalue weighted by atomic mass is 10.2. The molecule has 0 bridgehead atoms. The van der Waals surface area contributed by atoms with Crippen molar-refractivity contribution in [1.82, 2.24) is 15.1 Å². The monoisotopic (exact) mass is 451 g/mol. The van der Waals surface area contributed by atoms with E-state index in [0.29, 0.717) is 28.7 Å². The molecule has 2 aliphatic heterocycles. The molecule has 164 valence electrons. The second-order valence-electron chi connectivity index (χ2n) is 7.62. The number of amides is 3. The van der Waals surface area contributed by atoms with Gasteiger partial charge in [-0.3, -0.25) is 4.79 Å². The van der Waals surface area contributed by atoms with Gasteiger partial charge in [0.1, 0.15) is 5.01 Å². The van der Waals surface area contributed by atoms with Gasteiger partial charge in [0.25, 0.3) is 5.91 Å². The molecule has 3 amide bonds. The number of rotatable bonds is 4. The van der Waals surface area contributed by atoms with Crippen LogP contribution in [-0.4, -0.2) is 40.4 Å². The highest BCUT2D eigenvalue weighted by Gasteiger charge is 2.33. The van der Waals surface area contributed by atoms with E-state index in [4.69, 9.17) is 9.47 Å². The van der Waals surface area contributed by atoms with Crippen LogP contribution in [0.3, 0.4) is 0 Å². The second kappa shape index (κ2) is 8.46. The van der Waals surface area contributed by atoms with Crippen LogP contribution in [0.25, 0.3) is 0 Å². The molecule has 0 saturated carbocycles.